The van der Waals surface area contributed by atoms with E-state index in [0.717, 1.165) is 24.4 Å². The summed E-state index contributed by atoms with van der Waals surface area (Å²) in [6, 6.07) is 0. The van der Waals surface area contributed by atoms with Gasteiger partial charge in [-0.1, -0.05) is 0 Å². The van der Waals surface area contributed by atoms with Crippen LogP contribution in [0.15, 0.2) is 0 Å². The molecule has 0 N–H and O–H groups in total. The Labute approximate surface area is 129 Å². The van der Waals surface area contributed by atoms with E-state index in [1.165, 1.54) is 21.7 Å². The lowest BCUT2D eigenvalue weighted by molar-refractivity contribution is 0.316. The van der Waals surface area contributed by atoms with Crippen LogP contribution in [0.25, 0.3) is 4.83 Å². The number of aryl methyl sites for hydroxylation is 3. The van der Waals surface area contributed by atoms with Crippen LogP contribution in [0.5, 0.6) is 0 Å². The van der Waals surface area contributed by atoms with Crippen LogP contribution in [0.4, 0.5) is 0 Å². The zero-order valence-electron chi connectivity index (χ0n) is 12.9. The number of hydrogen-bond donors (Lipinski definition) is 0. The fourth-order valence-corrected chi connectivity index (χ4v) is 5.25. The van der Waals surface area contributed by atoms with Crippen molar-refractivity contribution in [1.82, 2.24) is 13.7 Å². The fraction of sp³-hybridized carbons (Fsp3) is 0.643. The molecule has 116 valence electrons. The number of rotatable bonds is 2. The van der Waals surface area contributed by atoms with E-state index in [1.807, 2.05) is 6.92 Å². The molecule has 0 amide bonds. The second kappa shape index (κ2) is 5.07. The minimum absolute atomic E-state index is 0.203. The summed E-state index contributed by atoms with van der Waals surface area (Å²) in [7, 11) is -3.11. The Bertz CT molecular complexity index is 789. The SMILES string of the molecule is Cc1sc2c([C@@H]3CCCN(S(C)(=O)=O)C3)nc(C)n2c1C. The highest BCUT2D eigenvalue weighted by molar-refractivity contribution is 7.88. The molecule has 0 unspecified atom stereocenters. The van der Waals surface area contributed by atoms with Crippen molar-refractivity contribution in [1.29, 1.82) is 0 Å². The second-order valence-corrected chi connectivity index (χ2v) is 9.07. The molecule has 0 bridgehead atoms. The molecular weight excluding hydrogens is 306 g/mol. The number of aromatic nitrogens is 2. The van der Waals surface area contributed by atoms with Gasteiger partial charge in [0.25, 0.3) is 0 Å². The van der Waals surface area contributed by atoms with Gasteiger partial charge < -0.3 is 0 Å². The zero-order valence-corrected chi connectivity index (χ0v) is 14.5. The third-order valence-corrected chi connectivity index (χ3v) is 6.82. The first-order valence-corrected chi connectivity index (χ1v) is 9.85. The maximum Gasteiger partial charge on any atom is 0.211 e. The van der Waals surface area contributed by atoms with E-state index in [4.69, 9.17) is 4.98 Å². The normalized spacial score (nSPS) is 21.2. The van der Waals surface area contributed by atoms with Crippen LogP contribution in [0.2, 0.25) is 0 Å². The first-order valence-electron chi connectivity index (χ1n) is 7.19. The van der Waals surface area contributed by atoms with Crippen LogP contribution < -0.4 is 0 Å². The summed E-state index contributed by atoms with van der Waals surface area (Å²) in [5, 5.41) is 0. The van der Waals surface area contributed by atoms with Crippen LogP contribution in [-0.2, 0) is 10.0 Å². The Morgan fingerprint density at radius 3 is 2.67 bits per heavy atom. The minimum Gasteiger partial charge on any atom is -0.291 e. The molecule has 2 aromatic heterocycles. The van der Waals surface area contributed by atoms with Gasteiger partial charge in [-0.25, -0.2) is 17.7 Å². The summed E-state index contributed by atoms with van der Waals surface area (Å²) >= 11 is 1.76. The third-order valence-electron chi connectivity index (χ3n) is 4.36. The van der Waals surface area contributed by atoms with Crippen molar-refractivity contribution in [3.8, 4) is 0 Å². The van der Waals surface area contributed by atoms with Gasteiger partial charge in [-0.3, -0.25) is 4.40 Å². The molecular formula is C14H21N3O2S2. The smallest absolute Gasteiger partial charge is 0.211 e. The predicted molar refractivity (Wildman–Crippen MR) is 85.7 cm³/mol. The minimum atomic E-state index is -3.11. The fourth-order valence-electron chi connectivity index (χ4n) is 3.14. The molecule has 3 rings (SSSR count). The first kappa shape index (κ1) is 15.0. The molecule has 21 heavy (non-hydrogen) atoms. The number of thiazole rings is 1. The maximum atomic E-state index is 11.8. The average Bonchev–Trinajstić information content (AvgIpc) is 2.88. The van der Waals surface area contributed by atoms with Gasteiger partial charge in [-0.05, 0) is 33.6 Å². The molecule has 5 nitrogen and oxygen atoms in total. The van der Waals surface area contributed by atoms with Gasteiger partial charge in [-0.2, -0.15) is 0 Å². The van der Waals surface area contributed by atoms with Crippen molar-refractivity contribution in [2.75, 3.05) is 19.3 Å². The molecule has 1 aliphatic heterocycles. The Balaban J connectivity index is 2.03. The monoisotopic (exact) mass is 327 g/mol. The van der Waals surface area contributed by atoms with Gasteiger partial charge >= 0.3 is 0 Å². The van der Waals surface area contributed by atoms with Gasteiger partial charge in [0.2, 0.25) is 10.0 Å². The Morgan fingerprint density at radius 2 is 2.00 bits per heavy atom. The van der Waals surface area contributed by atoms with Crippen LogP contribution in [0.3, 0.4) is 0 Å². The third kappa shape index (κ3) is 2.51. The lowest BCUT2D eigenvalue weighted by atomic mass is 9.97. The summed E-state index contributed by atoms with van der Waals surface area (Å²) < 4.78 is 27.4. The molecule has 2 aromatic rings. The van der Waals surface area contributed by atoms with Gasteiger partial charge in [0.15, 0.2) is 0 Å². The first-order chi connectivity index (χ1) is 9.79. The molecule has 0 aromatic carbocycles. The topological polar surface area (TPSA) is 54.7 Å². The molecule has 1 atom stereocenters. The van der Waals surface area contributed by atoms with Crippen LogP contribution in [0, 0.1) is 20.8 Å². The number of hydrogen-bond acceptors (Lipinski definition) is 4. The van der Waals surface area contributed by atoms with Crippen molar-refractivity contribution in [2.24, 2.45) is 0 Å². The Hall–Kier alpha value is -0.920. The quantitative estimate of drug-likeness (QED) is 0.851. The van der Waals surface area contributed by atoms with E-state index in [1.54, 1.807) is 15.6 Å². The second-order valence-electron chi connectivity index (χ2n) is 5.89. The molecule has 0 spiro atoms. The molecule has 1 fully saturated rings. The van der Waals surface area contributed by atoms with E-state index in [0.29, 0.717) is 13.1 Å². The van der Waals surface area contributed by atoms with Crippen molar-refractivity contribution in [3.05, 3.63) is 22.1 Å². The highest BCUT2D eigenvalue weighted by Gasteiger charge is 2.30. The summed E-state index contributed by atoms with van der Waals surface area (Å²) in [6.45, 7) is 7.45. The summed E-state index contributed by atoms with van der Waals surface area (Å²) in [5.41, 5.74) is 2.31. The van der Waals surface area contributed by atoms with E-state index in [-0.39, 0.29) is 5.92 Å². The van der Waals surface area contributed by atoms with Gasteiger partial charge in [-0.15, -0.1) is 11.3 Å². The molecule has 1 saturated heterocycles. The number of nitrogens with zero attached hydrogens (tertiary/aromatic N) is 3. The predicted octanol–water partition coefficient (Wildman–Crippen LogP) is 2.46. The maximum absolute atomic E-state index is 11.8. The zero-order chi connectivity index (χ0) is 15.4. The van der Waals surface area contributed by atoms with Crippen LogP contribution in [0.1, 0.15) is 40.8 Å². The highest BCUT2D eigenvalue weighted by Crippen LogP contribution is 2.35. The van der Waals surface area contributed by atoms with Crippen molar-refractivity contribution < 1.29 is 8.42 Å². The standard InChI is InChI=1S/C14H21N3O2S2/c1-9-10(2)20-14-13(15-11(3)17(9)14)12-6-5-7-16(8-12)21(4,18)19/h12H,5-8H2,1-4H3/t12-/m1/s1. The molecule has 3 heterocycles. The summed E-state index contributed by atoms with van der Waals surface area (Å²) in [4.78, 5) is 7.23. The highest BCUT2D eigenvalue weighted by atomic mass is 32.2. The van der Waals surface area contributed by atoms with Gasteiger partial charge in [0, 0.05) is 29.6 Å². The molecule has 1 aliphatic rings. The lowest BCUT2D eigenvalue weighted by Crippen LogP contribution is -2.38. The van der Waals surface area contributed by atoms with E-state index >= 15 is 0 Å². The number of fused-ring (bicyclic) bond motifs is 1. The number of piperidine rings is 1. The summed E-state index contributed by atoms with van der Waals surface area (Å²) in [6.07, 6.45) is 3.20. The van der Waals surface area contributed by atoms with E-state index in [2.05, 4.69) is 18.2 Å². The largest absolute Gasteiger partial charge is 0.291 e. The van der Waals surface area contributed by atoms with Gasteiger partial charge in [0.05, 0.1) is 11.9 Å². The molecule has 0 aliphatic carbocycles. The lowest BCUT2D eigenvalue weighted by Gasteiger charge is -2.30. The summed E-state index contributed by atoms with van der Waals surface area (Å²) in [5.74, 6) is 1.20. The molecule has 0 radical (unpaired) electrons. The van der Waals surface area contributed by atoms with Crippen molar-refractivity contribution >= 4 is 26.2 Å². The average molecular weight is 327 g/mol. The van der Waals surface area contributed by atoms with Crippen LogP contribution in [-0.4, -0.2) is 41.5 Å². The molecule has 7 heteroatoms. The van der Waals surface area contributed by atoms with Crippen molar-refractivity contribution in [3.63, 3.8) is 0 Å². The van der Waals surface area contributed by atoms with E-state index in [9.17, 15) is 8.42 Å². The Kier molecular flexibility index (Phi) is 3.62. The van der Waals surface area contributed by atoms with Gasteiger partial charge in [0.1, 0.15) is 10.7 Å². The van der Waals surface area contributed by atoms with Crippen molar-refractivity contribution in [2.45, 2.75) is 39.5 Å². The number of imidazole rings is 1. The molecule has 0 saturated carbocycles. The number of sulfonamides is 1. The van der Waals surface area contributed by atoms with E-state index < -0.39 is 10.0 Å². The Morgan fingerprint density at radius 1 is 1.29 bits per heavy atom. The van der Waals surface area contributed by atoms with Crippen LogP contribution >= 0.6 is 11.3 Å².